The highest BCUT2D eigenvalue weighted by Gasteiger charge is 2.75. The predicted octanol–water partition coefficient (Wildman–Crippen LogP) is 0.696. The van der Waals surface area contributed by atoms with Crippen molar-refractivity contribution >= 4 is 27.6 Å². The van der Waals surface area contributed by atoms with Crippen molar-refractivity contribution in [1.29, 1.82) is 0 Å². The number of aliphatic hydroxyl groups is 1. The highest BCUT2D eigenvalue weighted by atomic mass is 79.9. The number of alkyl halides is 1. The van der Waals surface area contributed by atoms with Crippen molar-refractivity contribution in [2.24, 2.45) is 0 Å². The number of piperidine rings is 1. The molecule has 5 atom stereocenters. The number of hydrogen-bond acceptors (Lipinski definition) is 6. The molecule has 1 saturated heterocycles. The third-order valence-corrected chi connectivity index (χ3v) is 7.57. The Labute approximate surface area is 164 Å². The van der Waals surface area contributed by atoms with E-state index in [2.05, 4.69) is 21.2 Å². The number of ether oxygens (including phenoxy) is 1. The molecule has 2 fully saturated rings. The van der Waals surface area contributed by atoms with Gasteiger partial charge in [-0.3, -0.25) is 14.5 Å². The number of phenols is 1. The van der Waals surface area contributed by atoms with Crippen molar-refractivity contribution in [3.63, 3.8) is 0 Å². The molecule has 1 aromatic carbocycles. The van der Waals surface area contributed by atoms with Crippen LogP contribution in [0.2, 0.25) is 0 Å². The van der Waals surface area contributed by atoms with E-state index in [0.717, 1.165) is 0 Å². The fourth-order valence-electron chi connectivity index (χ4n) is 6.17. The number of aliphatic hydroxyl groups excluding tert-OH is 1. The fourth-order valence-corrected chi connectivity index (χ4v) is 6.31. The second-order valence-corrected chi connectivity index (χ2v) is 8.66. The van der Waals surface area contributed by atoms with Crippen LogP contribution in [0.3, 0.4) is 0 Å². The van der Waals surface area contributed by atoms with E-state index < -0.39 is 29.2 Å². The number of halogens is 1. The van der Waals surface area contributed by atoms with Crippen LogP contribution in [0.15, 0.2) is 12.1 Å². The first kappa shape index (κ1) is 17.5. The Bertz CT molecular complexity index is 876. The number of rotatable bonds is 2. The number of hydrogen-bond donors (Lipinski definition) is 3. The highest BCUT2D eigenvalue weighted by Crippen LogP contribution is 2.65. The third-order valence-electron chi connectivity index (χ3n) is 7.06. The highest BCUT2D eigenvalue weighted by molar-refractivity contribution is 9.09. The van der Waals surface area contributed by atoms with Crippen LogP contribution >= 0.6 is 15.9 Å². The molecule has 1 spiro atoms. The largest absolute Gasteiger partial charge is 0.504 e. The smallest absolute Gasteiger partial charge is 0.231 e. The van der Waals surface area contributed by atoms with E-state index in [1.54, 1.807) is 6.07 Å². The van der Waals surface area contributed by atoms with Gasteiger partial charge in [-0.25, -0.2) is 0 Å². The molecule has 2 aliphatic heterocycles. The number of carbonyl (C=O) groups is 2. The molecule has 8 heteroatoms. The minimum Gasteiger partial charge on any atom is -0.504 e. The Morgan fingerprint density at radius 3 is 2.96 bits per heavy atom. The summed E-state index contributed by atoms with van der Waals surface area (Å²) < 4.78 is 6.11. The molecular formula is C19H21BrN2O5. The Hall–Kier alpha value is -1.64. The minimum atomic E-state index is -0.877. The summed E-state index contributed by atoms with van der Waals surface area (Å²) >= 11 is 3.21. The standard InChI is InChI=1S/C19H21BrN2O5/c1-22-7-6-18-13-9-2-3-10(23)15(13)27-17(18)11(24)4-5-19(18,16(22)14(9)26)21-12(25)8-20/h2-3,11,16-17,23-24H,4-8H2,1H3,(H,21,25)/t11-,16+,17-,18-,19+/m0/s1. The van der Waals surface area contributed by atoms with Crippen LogP contribution in [0.4, 0.5) is 0 Å². The molecule has 5 rings (SSSR count). The number of carbonyl (C=O) groups excluding carboxylic acids is 2. The maximum atomic E-state index is 13.5. The molecule has 0 aromatic heterocycles. The summed E-state index contributed by atoms with van der Waals surface area (Å²) in [6, 6.07) is 2.59. The van der Waals surface area contributed by atoms with Crippen LogP contribution in [0, 0.1) is 0 Å². The van der Waals surface area contributed by atoms with Crippen molar-refractivity contribution in [2.45, 2.75) is 48.5 Å². The third kappa shape index (κ3) is 1.84. The van der Waals surface area contributed by atoms with Gasteiger partial charge in [0.2, 0.25) is 5.91 Å². The van der Waals surface area contributed by atoms with Crippen LogP contribution in [0.1, 0.15) is 35.2 Å². The van der Waals surface area contributed by atoms with Gasteiger partial charge in [-0.05, 0) is 45.0 Å². The van der Waals surface area contributed by atoms with E-state index in [4.69, 9.17) is 4.74 Å². The van der Waals surface area contributed by atoms with Crippen molar-refractivity contribution in [2.75, 3.05) is 18.9 Å². The molecule has 144 valence electrons. The van der Waals surface area contributed by atoms with Gasteiger partial charge in [0.1, 0.15) is 6.10 Å². The first-order chi connectivity index (χ1) is 12.9. The number of benzene rings is 1. The van der Waals surface area contributed by atoms with E-state index in [9.17, 15) is 19.8 Å². The Morgan fingerprint density at radius 2 is 2.22 bits per heavy atom. The number of Topliss-reactive ketones (excluding diaryl/α,β-unsaturated/α-hetero) is 1. The maximum Gasteiger partial charge on any atom is 0.231 e. The van der Waals surface area contributed by atoms with Crippen molar-refractivity contribution in [3.05, 3.63) is 23.3 Å². The van der Waals surface area contributed by atoms with Gasteiger partial charge in [0.05, 0.1) is 28.4 Å². The number of phenolic OH excluding ortho intramolecular Hbond substituents is 1. The van der Waals surface area contributed by atoms with E-state index in [1.807, 2.05) is 11.9 Å². The lowest BCUT2D eigenvalue weighted by molar-refractivity contribution is -0.138. The summed E-state index contributed by atoms with van der Waals surface area (Å²) in [5.74, 6) is -0.0165. The second-order valence-electron chi connectivity index (χ2n) is 8.10. The van der Waals surface area contributed by atoms with E-state index in [1.165, 1.54) is 6.07 Å². The molecule has 3 N–H and O–H groups in total. The quantitative estimate of drug-likeness (QED) is 0.590. The van der Waals surface area contributed by atoms with Crippen LogP contribution < -0.4 is 10.1 Å². The molecule has 2 bridgehead atoms. The van der Waals surface area contributed by atoms with E-state index in [0.29, 0.717) is 36.9 Å². The van der Waals surface area contributed by atoms with Crippen LogP contribution in [0.5, 0.6) is 11.5 Å². The molecule has 4 aliphatic rings. The number of likely N-dealkylation sites (N-methyl/N-ethyl adjacent to an activating group) is 1. The van der Waals surface area contributed by atoms with Gasteiger partial charge in [-0.1, -0.05) is 15.9 Å². The van der Waals surface area contributed by atoms with E-state index in [-0.39, 0.29) is 28.5 Å². The number of ketones is 1. The van der Waals surface area contributed by atoms with Crippen LogP contribution in [-0.4, -0.2) is 69.5 Å². The molecule has 27 heavy (non-hydrogen) atoms. The Balaban J connectivity index is 1.86. The monoisotopic (exact) mass is 436 g/mol. The zero-order valence-electron chi connectivity index (χ0n) is 14.9. The molecule has 1 aromatic rings. The van der Waals surface area contributed by atoms with E-state index >= 15 is 0 Å². The number of nitrogens with zero attached hydrogens (tertiary/aromatic N) is 1. The lowest BCUT2D eigenvalue weighted by Gasteiger charge is -2.64. The topological polar surface area (TPSA) is 99.1 Å². The predicted molar refractivity (Wildman–Crippen MR) is 99.5 cm³/mol. The van der Waals surface area contributed by atoms with Gasteiger partial charge in [-0.2, -0.15) is 0 Å². The van der Waals surface area contributed by atoms with Crippen molar-refractivity contribution in [3.8, 4) is 11.5 Å². The average molecular weight is 437 g/mol. The number of nitrogens with one attached hydrogen (secondary N) is 1. The van der Waals surface area contributed by atoms with Crippen molar-refractivity contribution in [1.82, 2.24) is 10.2 Å². The average Bonchev–Trinajstić information content (AvgIpc) is 3.00. The molecule has 0 radical (unpaired) electrons. The Kier molecular flexibility index (Phi) is 3.53. The first-order valence-electron chi connectivity index (χ1n) is 9.20. The second kappa shape index (κ2) is 5.46. The summed E-state index contributed by atoms with van der Waals surface area (Å²) in [7, 11) is 1.90. The van der Waals surface area contributed by atoms with Gasteiger partial charge in [0.15, 0.2) is 17.3 Å². The molecule has 1 saturated carbocycles. The molecule has 7 nitrogen and oxygen atoms in total. The summed E-state index contributed by atoms with van der Waals surface area (Å²) in [6.45, 7) is 0.642. The molecule has 1 amide bonds. The van der Waals surface area contributed by atoms with Gasteiger partial charge in [0.25, 0.3) is 0 Å². The molecule has 2 aliphatic carbocycles. The Morgan fingerprint density at radius 1 is 1.44 bits per heavy atom. The summed E-state index contributed by atoms with van der Waals surface area (Å²) in [5, 5.41) is 24.5. The maximum absolute atomic E-state index is 13.5. The van der Waals surface area contributed by atoms with Crippen LogP contribution in [0.25, 0.3) is 0 Å². The number of likely N-dealkylation sites (tertiary alicyclic amines) is 1. The van der Waals surface area contributed by atoms with Gasteiger partial charge in [-0.15, -0.1) is 0 Å². The summed E-state index contributed by atoms with van der Waals surface area (Å²) in [5.41, 5.74) is -0.426. The molecule has 2 heterocycles. The molecule has 0 unspecified atom stereocenters. The minimum absolute atomic E-state index is 0.0318. The summed E-state index contributed by atoms with van der Waals surface area (Å²) in [4.78, 5) is 28.0. The zero-order valence-corrected chi connectivity index (χ0v) is 16.5. The number of aromatic hydroxyl groups is 1. The number of amides is 1. The molecular weight excluding hydrogens is 416 g/mol. The van der Waals surface area contributed by atoms with Crippen LogP contribution in [-0.2, 0) is 10.2 Å². The SMILES string of the molecule is CN1CC[C@]23c4c5ccc(O)c4O[C@H]2[C@@H](O)CC[C@@]3(NC(=O)CBr)[C@H]1C5=O. The zero-order chi connectivity index (χ0) is 19.1. The first-order valence-corrected chi connectivity index (χ1v) is 10.3. The van der Waals surface area contributed by atoms with Gasteiger partial charge >= 0.3 is 0 Å². The fraction of sp³-hybridized carbons (Fsp3) is 0.579. The van der Waals surface area contributed by atoms with Gasteiger partial charge < -0.3 is 20.3 Å². The van der Waals surface area contributed by atoms with Crippen molar-refractivity contribution < 1.29 is 24.5 Å². The normalized spacial score (nSPS) is 38.9. The lowest BCUT2D eigenvalue weighted by Crippen LogP contribution is -2.83. The summed E-state index contributed by atoms with van der Waals surface area (Å²) in [6.07, 6.45) is 0.184. The van der Waals surface area contributed by atoms with Gasteiger partial charge in [0, 0.05) is 11.1 Å². The lowest BCUT2D eigenvalue weighted by atomic mass is 9.46.